The second kappa shape index (κ2) is 11.1. The van der Waals surface area contributed by atoms with Crippen molar-refractivity contribution in [3.05, 3.63) is 45.7 Å². The molecule has 2 aromatic rings. The summed E-state index contributed by atoms with van der Waals surface area (Å²) in [5.74, 6) is -3.70. The number of nitrogens with two attached hydrogens (primary N) is 1. The smallest absolute Gasteiger partial charge is 0.308 e. The summed E-state index contributed by atoms with van der Waals surface area (Å²) in [6.07, 6.45) is 1.78. The van der Waals surface area contributed by atoms with Crippen molar-refractivity contribution in [3.8, 4) is 0 Å². The van der Waals surface area contributed by atoms with Crippen LogP contribution in [0.15, 0.2) is 28.7 Å². The summed E-state index contributed by atoms with van der Waals surface area (Å²) >= 11 is 1.20. The highest BCUT2D eigenvalue weighted by molar-refractivity contribution is 7.07. The second-order valence-corrected chi connectivity index (χ2v) is 9.05. The Morgan fingerprint density at radius 1 is 1.22 bits per heavy atom. The molecule has 0 atom stereocenters. The molecule has 1 aromatic carbocycles. The number of rotatable bonds is 9. The number of nitrogens with zero attached hydrogens (tertiary/aromatic N) is 2. The highest BCUT2D eigenvalue weighted by atomic mass is 32.1. The number of amides is 1. The van der Waals surface area contributed by atoms with Gasteiger partial charge in [0, 0.05) is 30.1 Å². The van der Waals surface area contributed by atoms with Crippen molar-refractivity contribution in [2.24, 2.45) is 16.1 Å². The van der Waals surface area contributed by atoms with E-state index in [4.69, 9.17) is 10.5 Å². The predicted molar refractivity (Wildman–Crippen MR) is 116 cm³/mol. The molecular weight excluding hydrogens is 442 g/mol. The zero-order chi connectivity index (χ0) is 23.9. The van der Waals surface area contributed by atoms with Gasteiger partial charge in [0.05, 0.1) is 6.42 Å². The van der Waals surface area contributed by atoms with E-state index in [1.54, 1.807) is 11.6 Å². The zero-order valence-electron chi connectivity index (χ0n) is 18.1. The Kier molecular flexibility index (Phi) is 8.79. The molecule has 0 bridgehead atoms. The number of nitrogens with one attached hydrogen (secondary N) is 1. The first kappa shape index (κ1) is 25.3. The van der Waals surface area contributed by atoms with Gasteiger partial charge in [0.2, 0.25) is 5.91 Å². The number of ether oxygens (including phenoxy) is 1. The third-order valence-electron chi connectivity index (χ3n) is 4.05. The van der Waals surface area contributed by atoms with E-state index in [0.717, 1.165) is 12.1 Å². The van der Waals surface area contributed by atoms with Gasteiger partial charge in [0.15, 0.2) is 17.3 Å². The van der Waals surface area contributed by atoms with Crippen molar-refractivity contribution in [2.75, 3.05) is 18.4 Å². The molecular formula is C21H26F2N4O4S. The van der Waals surface area contributed by atoms with Crippen LogP contribution in [0, 0.1) is 17.0 Å². The predicted octanol–water partition coefficient (Wildman–Crippen LogP) is 2.84. The summed E-state index contributed by atoms with van der Waals surface area (Å²) in [5, 5.41) is 3.91. The first-order valence-corrected chi connectivity index (χ1v) is 10.7. The van der Waals surface area contributed by atoms with Crippen molar-refractivity contribution in [1.82, 2.24) is 4.57 Å². The molecule has 0 radical (unpaired) electrons. The minimum atomic E-state index is -1.05. The monoisotopic (exact) mass is 468 g/mol. The maximum Gasteiger partial charge on any atom is 0.308 e. The van der Waals surface area contributed by atoms with Crippen LogP contribution in [0.2, 0.25) is 0 Å². The van der Waals surface area contributed by atoms with Crippen LogP contribution < -0.4 is 15.9 Å². The standard InChI is InChI=1S/C21H26F2N4O4S/c1-21(2,3)10-17(29)26-19-14(22)8-13(9-15(19)23)16(28)11-25-20-27(6-7-32-20)12-31-18(30)4-5-24/h6-9H,4-5,10-12,24H2,1-3H3,(H,26,29). The largest absolute Gasteiger partial charge is 0.444 e. The van der Waals surface area contributed by atoms with Gasteiger partial charge >= 0.3 is 5.97 Å². The van der Waals surface area contributed by atoms with Gasteiger partial charge in [-0.2, -0.15) is 0 Å². The van der Waals surface area contributed by atoms with Crippen LogP contribution in [0.1, 0.15) is 44.0 Å². The summed E-state index contributed by atoms with van der Waals surface area (Å²) in [6, 6.07) is 1.73. The summed E-state index contributed by atoms with van der Waals surface area (Å²) in [6.45, 7) is 5.18. The number of aromatic nitrogens is 1. The Bertz CT molecular complexity index is 1030. The zero-order valence-corrected chi connectivity index (χ0v) is 18.9. The van der Waals surface area contributed by atoms with Crippen LogP contribution in [0.4, 0.5) is 14.5 Å². The number of ketones is 1. The van der Waals surface area contributed by atoms with E-state index >= 15 is 0 Å². The normalized spacial score (nSPS) is 12.0. The molecule has 1 aromatic heterocycles. The molecule has 174 valence electrons. The number of esters is 1. The lowest BCUT2D eigenvalue weighted by atomic mass is 9.92. The van der Waals surface area contributed by atoms with Crippen LogP contribution >= 0.6 is 11.3 Å². The van der Waals surface area contributed by atoms with Gasteiger partial charge in [-0.1, -0.05) is 20.8 Å². The molecule has 0 aliphatic heterocycles. The van der Waals surface area contributed by atoms with Crippen LogP contribution in [0.5, 0.6) is 0 Å². The maximum atomic E-state index is 14.4. The van der Waals surface area contributed by atoms with Crippen molar-refractivity contribution < 1.29 is 27.9 Å². The first-order chi connectivity index (χ1) is 15.0. The molecule has 2 rings (SSSR count). The number of carbonyl (C=O) groups excluding carboxylic acids is 3. The first-order valence-electron chi connectivity index (χ1n) is 9.82. The van der Waals surface area contributed by atoms with Gasteiger partial charge in [-0.05, 0) is 17.5 Å². The average molecular weight is 469 g/mol. The molecule has 3 N–H and O–H groups in total. The maximum absolute atomic E-state index is 14.4. The molecule has 1 amide bonds. The van der Waals surface area contributed by atoms with Crippen LogP contribution in [0.3, 0.4) is 0 Å². The minimum absolute atomic E-state index is 0.0772. The molecule has 8 nitrogen and oxygen atoms in total. The lowest BCUT2D eigenvalue weighted by Crippen LogP contribution is -2.21. The minimum Gasteiger partial charge on any atom is -0.444 e. The molecule has 0 aliphatic rings. The molecule has 0 aliphatic carbocycles. The Hall–Kier alpha value is -2.92. The fourth-order valence-electron chi connectivity index (χ4n) is 2.60. The van der Waals surface area contributed by atoms with E-state index in [-0.39, 0.29) is 43.6 Å². The number of anilines is 1. The molecule has 0 spiro atoms. The molecule has 32 heavy (non-hydrogen) atoms. The van der Waals surface area contributed by atoms with Crippen molar-refractivity contribution in [1.29, 1.82) is 0 Å². The van der Waals surface area contributed by atoms with Gasteiger partial charge in [0.1, 0.15) is 23.9 Å². The van der Waals surface area contributed by atoms with E-state index < -0.39 is 35.0 Å². The van der Waals surface area contributed by atoms with E-state index in [9.17, 15) is 23.2 Å². The third-order valence-corrected chi connectivity index (χ3v) is 4.88. The number of benzene rings is 1. The Labute approximate surface area is 188 Å². The molecule has 0 fully saturated rings. The van der Waals surface area contributed by atoms with Gasteiger partial charge in [-0.25, -0.2) is 8.78 Å². The van der Waals surface area contributed by atoms with E-state index in [2.05, 4.69) is 10.3 Å². The summed E-state index contributed by atoms with van der Waals surface area (Å²) in [7, 11) is 0. The third kappa shape index (κ3) is 7.65. The highest BCUT2D eigenvalue weighted by Crippen LogP contribution is 2.24. The van der Waals surface area contributed by atoms with Crippen molar-refractivity contribution in [2.45, 2.75) is 40.3 Å². The van der Waals surface area contributed by atoms with E-state index in [0.29, 0.717) is 4.80 Å². The molecule has 1 heterocycles. The number of hydrogen-bond donors (Lipinski definition) is 2. The quantitative estimate of drug-likeness (QED) is 0.434. The number of thiazole rings is 1. The topological polar surface area (TPSA) is 116 Å². The van der Waals surface area contributed by atoms with E-state index in [1.807, 2.05) is 20.8 Å². The number of carbonyl (C=O) groups is 3. The second-order valence-electron chi connectivity index (χ2n) is 8.18. The Morgan fingerprint density at radius 3 is 2.47 bits per heavy atom. The van der Waals surface area contributed by atoms with Gasteiger partial charge in [-0.15, -0.1) is 11.3 Å². The van der Waals surface area contributed by atoms with Gasteiger partial charge < -0.3 is 15.8 Å². The Morgan fingerprint density at radius 2 is 1.88 bits per heavy atom. The van der Waals surface area contributed by atoms with Crippen LogP contribution in [-0.4, -0.2) is 35.3 Å². The Balaban J connectivity index is 2.09. The number of halogens is 2. The number of Topliss-reactive ketones (excluding diaryl/α,β-unsaturated/α-hetero) is 1. The van der Waals surface area contributed by atoms with Gasteiger partial charge in [-0.3, -0.25) is 23.9 Å². The molecule has 11 heteroatoms. The molecule has 0 unspecified atom stereocenters. The fourth-order valence-corrected chi connectivity index (χ4v) is 3.32. The van der Waals surface area contributed by atoms with Gasteiger partial charge in [0.25, 0.3) is 0 Å². The fraction of sp³-hybridized carbons (Fsp3) is 0.429. The van der Waals surface area contributed by atoms with E-state index in [1.165, 1.54) is 15.9 Å². The number of hydrogen-bond acceptors (Lipinski definition) is 7. The van der Waals surface area contributed by atoms with Crippen molar-refractivity contribution in [3.63, 3.8) is 0 Å². The van der Waals surface area contributed by atoms with Crippen molar-refractivity contribution >= 4 is 34.7 Å². The van der Waals surface area contributed by atoms with Crippen LogP contribution in [0.25, 0.3) is 0 Å². The highest BCUT2D eigenvalue weighted by Gasteiger charge is 2.20. The SMILES string of the molecule is CC(C)(C)CC(=O)Nc1c(F)cc(C(=O)CN=c2sccn2COC(=O)CCN)cc1F. The molecule has 0 saturated heterocycles. The lowest BCUT2D eigenvalue weighted by molar-refractivity contribution is -0.147. The summed E-state index contributed by atoms with van der Waals surface area (Å²) in [5.41, 5.74) is 4.13. The summed E-state index contributed by atoms with van der Waals surface area (Å²) in [4.78, 5) is 40.4. The average Bonchev–Trinajstić information content (AvgIpc) is 3.13. The van der Waals surface area contributed by atoms with Crippen LogP contribution in [-0.2, 0) is 21.1 Å². The molecule has 0 saturated carbocycles. The summed E-state index contributed by atoms with van der Waals surface area (Å²) < 4.78 is 35.3. The lowest BCUT2D eigenvalue weighted by Gasteiger charge is -2.17.